The Morgan fingerprint density at radius 3 is 2.13 bits per heavy atom. The number of urea groups is 1. The molecule has 0 aromatic carbocycles. The van der Waals surface area contributed by atoms with Gasteiger partial charge in [0.2, 0.25) is 0 Å². The minimum Gasteiger partial charge on any atom is -0.394 e. The molecule has 1 aliphatic heterocycles. The Morgan fingerprint density at radius 2 is 1.74 bits per heavy atom. The van der Waals surface area contributed by atoms with Crippen LogP contribution in [0, 0.1) is 4.91 Å². The van der Waals surface area contributed by atoms with Crippen molar-refractivity contribution < 1.29 is 49.2 Å². The maximum absolute atomic E-state index is 11.3. The summed E-state index contributed by atoms with van der Waals surface area (Å²) in [6, 6.07) is -2.33. The van der Waals surface area contributed by atoms with E-state index in [2.05, 4.69) is 10.6 Å². The number of aliphatic hydroxyl groups is 4. The van der Waals surface area contributed by atoms with Crippen molar-refractivity contribution in [3.63, 3.8) is 0 Å². The predicted octanol–water partition coefficient (Wildman–Crippen LogP) is -3.82. The van der Waals surface area contributed by atoms with Crippen LogP contribution in [0.2, 0.25) is 0 Å². The summed E-state index contributed by atoms with van der Waals surface area (Å²) in [7, 11) is -3.57. The van der Waals surface area contributed by atoms with Crippen LogP contribution in [0.15, 0.2) is 5.29 Å². The maximum Gasteiger partial charge on any atom is 0.466 e. The highest BCUT2D eigenvalue weighted by Crippen LogP contribution is 2.25. The molecule has 15 heteroatoms. The molecule has 8 N–H and O–H groups in total. The van der Waals surface area contributed by atoms with Crippen molar-refractivity contribution >= 4 is 13.9 Å². The molecule has 0 saturated carbocycles. The molecule has 1 aliphatic rings. The molecule has 1 saturated heterocycles. The number of aliphatic hydroxyl groups excluding tert-OH is 4. The SMILES string of the molecule is CN(N=O)C(=O)N[C@@H]1[C@@H](O)[C@H](O)[C@@H](CO)O[C@@H]1O.O=P(O)(O)O. The Morgan fingerprint density at radius 1 is 1.26 bits per heavy atom. The van der Waals surface area contributed by atoms with Crippen LogP contribution in [0.3, 0.4) is 0 Å². The topological polar surface area (TPSA) is 230 Å². The van der Waals surface area contributed by atoms with Gasteiger partial charge in [-0.05, 0) is 0 Å². The highest BCUT2D eigenvalue weighted by molar-refractivity contribution is 7.45. The number of hydrogen-bond acceptors (Lipinski definition) is 9. The molecule has 14 nitrogen and oxygen atoms in total. The van der Waals surface area contributed by atoms with Gasteiger partial charge in [0.05, 0.1) is 11.9 Å². The summed E-state index contributed by atoms with van der Waals surface area (Å²) in [6.45, 7) is -0.605. The largest absolute Gasteiger partial charge is 0.466 e. The van der Waals surface area contributed by atoms with Gasteiger partial charge in [0.15, 0.2) is 6.29 Å². The summed E-state index contributed by atoms with van der Waals surface area (Å²) in [5.41, 5.74) is 0. The molecule has 136 valence electrons. The minimum atomic E-state index is -4.64. The summed E-state index contributed by atoms with van der Waals surface area (Å²) >= 11 is 0. The Labute approximate surface area is 129 Å². The molecule has 0 aromatic heterocycles. The zero-order valence-corrected chi connectivity index (χ0v) is 12.6. The second-order valence-electron chi connectivity index (χ2n) is 4.32. The standard InChI is InChI=1S/C8H15N3O7.H3O4P/c1-11(10-17)8(16)9-4-6(14)5(13)3(2-12)18-7(4)15;1-5(2,3)4/h3-7,12-15H,2H2,1H3,(H,9,16);(H3,1,2,3,4)/t3-,4-,5-,6-,7+;/m1./s1. The summed E-state index contributed by atoms with van der Waals surface area (Å²) in [4.78, 5) is 43.0. The average Bonchev–Trinajstić information content (AvgIpc) is 2.44. The molecule has 0 unspecified atom stereocenters. The second-order valence-corrected chi connectivity index (χ2v) is 5.35. The van der Waals surface area contributed by atoms with Crippen molar-refractivity contribution in [3.05, 3.63) is 4.91 Å². The van der Waals surface area contributed by atoms with Gasteiger partial charge < -0.3 is 45.2 Å². The van der Waals surface area contributed by atoms with Gasteiger partial charge >= 0.3 is 13.9 Å². The summed E-state index contributed by atoms with van der Waals surface area (Å²) in [5, 5.41) is 42.4. The van der Waals surface area contributed by atoms with E-state index < -0.39 is 51.1 Å². The van der Waals surface area contributed by atoms with Crippen molar-refractivity contribution in [2.24, 2.45) is 5.29 Å². The lowest BCUT2D eigenvalue weighted by Gasteiger charge is -2.40. The van der Waals surface area contributed by atoms with E-state index in [9.17, 15) is 25.0 Å². The lowest BCUT2D eigenvalue weighted by molar-refractivity contribution is -0.252. The van der Waals surface area contributed by atoms with E-state index in [-0.39, 0.29) is 0 Å². The third kappa shape index (κ3) is 7.74. The molecule has 1 heterocycles. The fraction of sp³-hybridized carbons (Fsp3) is 0.875. The monoisotopic (exact) mass is 363 g/mol. The molecular weight excluding hydrogens is 345 g/mol. The number of carbonyl (C=O) groups excluding carboxylic acids is 1. The highest BCUT2D eigenvalue weighted by Gasteiger charge is 2.44. The number of nitrogens with zero attached hydrogens (tertiary/aromatic N) is 2. The molecule has 0 spiro atoms. The van der Waals surface area contributed by atoms with Crippen LogP contribution in [0.4, 0.5) is 4.79 Å². The molecule has 23 heavy (non-hydrogen) atoms. The first-order chi connectivity index (χ1) is 10.4. The van der Waals surface area contributed by atoms with Crippen LogP contribution >= 0.6 is 7.82 Å². The Kier molecular flexibility index (Phi) is 8.68. The van der Waals surface area contributed by atoms with Gasteiger partial charge in [-0.15, -0.1) is 4.91 Å². The lowest BCUT2D eigenvalue weighted by atomic mass is 9.97. The van der Waals surface area contributed by atoms with Crippen LogP contribution in [-0.2, 0) is 9.30 Å². The number of amides is 2. The number of nitrogens with one attached hydrogen (secondary N) is 1. The fourth-order valence-electron chi connectivity index (χ4n) is 1.53. The molecular formula is C8H18N3O11P. The number of ether oxygens (including phenoxy) is 1. The Hall–Kier alpha value is -1.22. The zero-order valence-electron chi connectivity index (χ0n) is 11.7. The average molecular weight is 363 g/mol. The lowest BCUT2D eigenvalue weighted by Crippen LogP contribution is -2.64. The van der Waals surface area contributed by atoms with Gasteiger partial charge in [0.25, 0.3) is 0 Å². The van der Waals surface area contributed by atoms with E-state index in [1.165, 1.54) is 0 Å². The van der Waals surface area contributed by atoms with Gasteiger partial charge in [-0.3, -0.25) is 0 Å². The molecule has 0 aliphatic carbocycles. The minimum absolute atomic E-state index is 0.407. The number of rotatable bonds is 3. The molecule has 0 bridgehead atoms. The normalized spacial score (nSPS) is 30.7. The van der Waals surface area contributed by atoms with Gasteiger partial charge in [0, 0.05) is 7.05 Å². The van der Waals surface area contributed by atoms with E-state index in [1.54, 1.807) is 0 Å². The van der Waals surface area contributed by atoms with Gasteiger partial charge in [-0.25, -0.2) is 9.36 Å². The smallest absolute Gasteiger partial charge is 0.394 e. The molecule has 2 amide bonds. The van der Waals surface area contributed by atoms with Crippen molar-refractivity contribution in [1.29, 1.82) is 0 Å². The first kappa shape index (κ1) is 21.8. The third-order valence-electron chi connectivity index (χ3n) is 2.61. The van der Waals surface area contributed by atoms with Crippen LogP contribution in [0.5, 0.6) is 0 Å². The number of nitroso groups, excluding NO2 is 1. The summed E-state index contributed by atoms with van der Waals surface area (Å²) in [6.07, 6.45) is -5.84. The van der Waals surface area contributed by atoms with Crippen LogP contribution in [0.1, 0.15) is 0 Å². The Bertz CT molecular complexity index is 437. The first-order valence-corrected chi connectivity index (χ1v) is 7.45. The van der Waals surface area contributed by atoms with Crippen molar-refractivity contribution in [2.75, 3.05) is 13.7 Å². The fourth-order valence-corrected chi connectivity index (χ4v) is 1.53. The van der Waals surface area contributed by atoms with Gasteiger partial charge in [-0.2, -0.15) is 5.01 Å². The van der Waals surface area contributed by atoms with E-state index in [0.29, 0.717) is 5.01 Å². The van der Waals surface area contributed by atoms with Crippen LogP contribution < -0.4 is 5.32 Å². The van der Waals surface area contributed by atoms with Crippen LogP contribution in [-0.4, -0.2) is 90.4 Å². The zero-order chi connectivity index (χ0) is 18.4. The molecule has 0 aromatic rings. The third-order valence-corrected chi connectivity index (χ3v) is 2.61. The molecule has 5 atom stereocenters. The highest BCUT2D eigenvalue weighted by atomic mass is 31.2. The molecule has 1 fully saturated rings. The second kappa shape index (κ2) is 9.17. The van der Waals surface area contributed by atoms with E-state index in [4.69, 9.17) is 29.1 Å². The van der Waals surface area contributed by atoms with E-state index in [1.807, 2.05) is 0 Å². The predicted molar refractivity (Wildman–Crippen MR) is 70.1 cm³/mol. The van der Waals surface area contributed by atoms with Gasteiger partial charge in [-0.1, -0.05) is 0 Å². The maximum atomic E-state index is 11.3. The van der Waals surface area contributed by atoms with E-state index in [0.717, 1.165) is 7.05 Å². The van der Waals surface area contributed by atoms with Crippen molar-refractivity contribution in [1.82, 2.24) is 10.3 Å². The number of hydrogen-bond donors (Lipinski definition) is 8. The van der Waals surface area contributed by atoms with Crippen molar-refractivity contribution in [2.45, 2.75) is 30.6 Å². The van der Waals surface area contributed by atoms with Crippen LogP contribution in [0.25, 0.3) is 0 Å². The van der Waals surface area contributed by atoms with Crippen molar-refractivity contribution in [3.8, 4) is 0 Å². The summed E-state index contributed by atoms with van der Waals surface area (Å²) in [5.74, 6) is 0. The number of phosphoric acid groups is 1. The van der Waals surface area contributed by atoms with E-state index >= 15 is 0 Å². The molecule has 1 rings (SSSR count). The molecule has 0 radical (unpaired) electrons. The Balaban J connectivity index is 0.000000841. The quantitative estimate of drug-likeness (QED) is 0.137. The first-order valence-electron chi connectivity index (χ1n) is 5.88. The van der Waals surface area contributed by atoms with Gasteiger partial charge in [0.1, 0.15) is 24.4 Å². The summed E-state index contributed by atoms with van der Waals surface area (Å²) < 4.78 is 13.7. The number of carbonyl (C=O) groups is 1.